The maximum absolute atomic E-state index is 6.42. The molecule has 0 saturated heterocycles. The molecule has 1 aliphatic carbocycles. The number of furan rings is 1. The normalized spacial score (nSPS) is 13.4. The predicted octanol–water partition coefficient (Wildman–Crippen LogP) is 11.4. The fourth-order valence-electron chi connectivity index (χ4n) is 7.58. The topological polar surface area (TPSA) is 51.8 Å². The second-order valence-corrected chi connectivity index (χ2v) is 13.3. The number of rotatable bonds is 3. The summed E-state index contributed by atoms with van der Waals surface area (Å²) in [6.45, 7) is 4.60. The summed E-state index contributed by atoms with van der Waals surface area (Å²) >= 11 is 0. The van der Waals surface area contributed by atoms with Gasteiger partial charge in [-0.1, -0.05) is 117 Å². The highest BCUT2D eigenvalue weighted by molar-refractivity contribution is 6.15. The van der Waals surface area contributed by atoms with Gasteiger partial charge in [0.25, 0.3) is 0 Å². The molecule has 0 atom stereocenters. The van der Waals surface area contributed by atoms with Gasteiger partial charge >= 0.3 is 0 Å². The molecule has 2 aromatic heterocycles. The van der Waals surface area contributed by atoms with Crippen molar-refractivity contribution in [3.05, 3.63) is 151 Å². The van der Waals surface area contributed by atoms with Gasteiger partial charge in [0.05, 0.1) is 0 Å². The summed E-state index contributed by atoms with van der Waals surface area (Å²) in [4.78, 5) is 15.4. The summed E-state index contributed by atoms with van der Waals surface area (Å²) in [6.07, 6.45) is 0. The third kappa shape index (κ3) is 3.99. The van der Waals surface area contributed by atoms with Crippen LogP contribution in [-0.2, 0) is 5.41 Å². The number of fused-ring (bicyclic) bond motifs is 9. The number of hydrogen-bond acceptors (Lipinski definition) is 4. The molecule has 1 aliphatic rings. The van der Waals surface area contributed by atoms with E-state index in [9.17, 15) is 0 Å². The van der Waals surface area contributed by atoms with Crippen molar-refractivity contribution in [3.63, 3.8) is 0 Å². The molecular formula is C44H29N3O. The number of nitrogens with zero attached hydrogens (tertiary/aromatic N) is 3. The van der Waals surface area contributed by atoms with Gasteiger partial charge in [0.15, 0.2) is 17.5 Å². The molecule has 226 valence electrons. The zero-order valence-electron chi connectivity index (χ0n) is 26.5. The summed E-state index contributed by atoms with van der Waals surface area (Å²) in [7, 11) is 0. The fourth-order valence-corrected chi connectivity index (χ4v) is 7.58. The molecule has 0 bridgehead atoms. The maximum Gasteiger partial charge on any atom is 0.164 e. The van der Waals surface area contributed by atoms with E-state index in [0.29, 0.717) is 17.5 Å². The highest BCUT2D eigenvalue weighted by Crippen LogP contribution is 2.49. The van der Waals surface area contributed by atoms with Crippen molar-refractivity contribution in [2.24, 2.45) is 0 Å². The molecule has 0 amide bonds. The summed E-state index contributed by atoms with van der Waals surface area (Å²) < 4.78 is 6.42. The Kier molecular flexibility index (Phi) is 5.59. The van der Waals surface area contributed by atoms with Gasteiger partial charge in [-0.3, -0.25) is 0 Å². The first-order valence-electron chi connectivity index (χ1n) is 16.4. The summed E-state index contributed by atoms with van der Waals surface area (Å²) in [5.41, 5.74) is 9.65. The molecule has 48 heavy (non-hydrogen) atoms. The molecular weight excluding hydrogens is 587 g/mol. The van der Waals surface area contributed by atoms with Crippen LogP contribution >= 0.6 is 0 Å². The van der Waals surface area contributed by atoms with Crippen molar-refractivity contribution >= 4 is 43.5 Å². The van der Waals surface area contributed by atoms with Gasteiger partial charge in [0.2, 0.25) is 0 Å². The van der Waals surface area contributed by atoms with Crippen molar-refractivity contribution in [1.29, 1.82) is 0 Å². The number of aromatic nitrogens is 3. The maximum atomic E-state index is 6.42. The van der Waals surface area contributed by atoms with Crippen LogP contribution in [0.1, 0.15) is 25.0 Å². The van der Waals surface area contributed by atoms with E-state index in [1.807, 2.05) is 6.07 Å². The van der Waals surface area contributed by atoms with Crippen LogP contribution < -0.4 is 0 Å². The van der Waals surface area contributed by atoms with Crippen LogP contribution in [0.15, 0.2) is 144 Å². The third-order valence-corrected chi connectivity index (χ3v) is 10.1. The van der Waals surface area contributed by atoms with Gasteiger partial charge in [0, 0.05) is 38.3 Å². The van der Waals surface area contributed by atoms with Crippen molar-refractivity contribution in [2.75, 3.05) is 0 Å². The first-order chi connectivity index (χ1) is 23.5. The molecule has 0 N–H and O–H groups in total. The van der Waals surface area contributed by atoms with Crippen molar-refractivity contribution in [2.45, 2.75) is 19.3 Å². The van der Waals surface area contributed by atoms with E-state index in [2.05, 4.69) is 147 Å². The molecule has 7 aromatic carbocycles. The Bertz CT molecular complexity index is 2770. The molecule has 0 saturated carbocycles. The monoisotopic (exact) mass is 615 g/mol. The van der Waals surface area contributed by atoms with Crippen LogP contribution in [0.2, 0.25) is 0 Å². The van der Waals surface area contributed by atoms with E-state index in [4.69, 9.17) is 19.4 Å². The van der Waals surface area contributed by atoms with Gasteiger partial charge < -0.3 is 4.42 Å². The first-order valence-corrected chi connectivity index (χ1v) is 16.4. The lowest BCUT2D eigenvalue weighted by Crippen LogP contribution is -2.15. The first kappa shape index (κ1) is 27.0. The quantitative estimate of drug-likeness (QED) is 0.198. The average Bonchev–Trinajstić information content (AvgIpc) is 3.63. The predicted molar refractivity (Wildman–Crippen MR) is 196 cm³/mol. The molecule has 4 nitrogen and oxygen atoms in total. The third-order valence-electron chi connectivity index (χ3n) is 10.1. The highest BCUT2D eigenvalue weighted by atomic mass is 16.3. The molecule has 9 aromatic rings. The van der Waals surface area contributed by atoms with E-state index in [0.717, 1.165) is 54.8 Å². The molecule has 0 radical (unpaired) electrons. The van der Waals surface area contributed by atoms with E-state index in [1.165, 1.54) is 27.6 Å². The summed E-state index contributed by atoms with van der Waals surface area (Å²) in [5, 5.41) is 6.71. The smallest absolute Gasteiger partial charge is 0.164 e. The van der Waals surface area contributed by atoms with Crippen LogP contribution in [0.5, 0.6) is 0 Å². The second-order valence-electron chi connectivity index (χ2n) is 13.3. The Morgan fingerprint density at radius 3 is 1.88 bits per heavy atom. The largest absolute Gasteiger partial charge is 0.455 e. The molecule has 2 heterocycles. The van der Waals surface area contributed by atoms with Crippen LogP contribution in [0.3, 0.4) is 0 Å². The Morgan fingerprint density at radius 1 is 0.438 bits per heavy atom. The Balaban J connectivity index is 1.18. The average molecular weight is 616 g/mol. The SMILES string of the molecule is CC1(C)c2ccccc2-c2ccc(-c3nc(-c4ccc5ccccc5c4)nc(-c4ccc5oc6c7ccccc7ccc6c5c4)n3)cc21. The van der Waals surface area contributed by atoms with E-state index in [1.54, 1.807) is 0 Å². The van der Waals surface area contributed by atoms with E-state index < -0.39 is 0 Å². The molecule has 0 unspecified atom stereocenters. The zero-order chi connectivity index (χ0) is 32.0. The van der Waals surface area contributed by atoms with Gasteiger partial charge in [-0.25, -0.2) is 15.0 Å². The molecule has 0 aliphatic heterocycles. The van der Waals surface area contributed by atoms with Crippen molar-refractivity contribution in [1.82, 2.24) is 15.0 Å². The molecule has 10 rings (SSSR count). The lowest BCUT2D eigenvalue weighted by atomic mass is 9.82. The number of benzene rings is 7. The molecule has 0 spiro atoms. The Hall–Kier alpha value is -6.13. The van der Waals surface area contributed by atoms with Gasteiger partial charge in [-0.2, -0.15) is 0 Å². The minimum Gasteiger partial charge on any atom is -0.455 e. The Morgan fingerprint density at radius 2 is 1.04 bits per heavy atom. The molecule has 0 fully saturated rings. The zero-order valence-corrected chi connectivity index (χ0v) is 26.5. The lowest BCUT2D eigenvalue weighted by molar-refractivity contribution is 0.660. The van der Waals surface area contributed by atoms with Crippen molar-refractivity contribution in [3.8, 4) is 45.3 Å². The minimum atomic E-state index is -0.128. The van der Waals surface area contributed by atoms with Crippen LogP contribution in [0.25, 0.3) is 88.8 Å². The van der Waals surface area contributed by atoms with E-state index in [-0.39, 0.29) is 5.41 Å². The summed E-state index contributed by atoms with van der Waals surface area (Å²) in [6, 6.07) is 49.1. The van der Waals surface area contributed by atoms with Crippen LogP contribution in [0, 0.1) is 0 Å². The minimum absolute atomic E-state index is 0.128. The van der Waals surface area contributed by atoms with Crippen molar-refractivity contribution < 1.29 is 4.42 Å². The Labute approximate surface area is 277 Å². The van der Waals surface area contributed by atoms with Crippen LogP contribution in [0.4, 0.5) is 0 Å². The van der Waals surface area contributed by atoms with Gasteiger partial charge in [-0.15, -0.1) is 0 Å². The van der Waals surface area contributed by atoms with E-state index >= 15 is 0 Å². The van der Waals surface area contributed by atoms with Gasteiger partial charge in [-0.05, 0) is 74.8 Å². The number of hydrogen-bond donors (Lipinski definition) is 0. The lowest BCUT2D eigenvalue weighted by Gasteiger charge is -2.21. The van der Waals surface area contributed by atoms with Crippen LogP contribution in [-0.4, -0.2) is 15.0 Å². The standard InChI is InChI=1S/C44H29N3O/c1-44(2)37-14-8-7-13-33(37)34-20-18-31(25-38(34)44)43-46-41(29-16-15-26-9-3-4-11-28(26)23-29)45-42(47-43)30-19-22-39-36(24-30)35-21-17-27-10-5-6-12-32(27)40(35)48-39/h3-25H,1-2H3. The highest BCUT2D eigenvalue weighted by Gasteiger charge is 2.35. The second kappa shape index (κ2) is 9.93. The fraction of sp³-hybridized carbons (Fsp3) is 0.0682. The summed E-state index contributed by atoms with van der Waals surface area (Å²) in [5.74, 6) is 1.93. The molecule has 4 heteroatoms. The van der Waals surface area contributed by atoms with Gasteiger partial charge in [0.1, 0.15) is 11.2 Å².